The molecule has 1 spiro atoms. The van der Waals surface area contributed by atoms with Crippen LogP contribution in [0.1, 0.15) is 22.3 Å². The van der Waals surface area contributed by atoms with Crippen molar-refractivity contribution in [3.63, 3.8) is 0 Å². The Bertz CT molecular complexity index is 3010. The quantitative estimate of drug-likeness (QED) is 0.181. The van der Waals surface area contributed by atoms with Gasteiger partial charge in [0.2, 0.25) is 0 Å². The van der Waals surface area contributed by atoms with Crippen molar-refractivity contribution in [2.45, 2.75) is 5.41 Å². The highest BCUT2D eigenvalue weighted by molar-refractivity contribution is 5.98. The molecule has 0 saturated heterocycles. The summed E-state index contributed by atoms with van der Waals surface area (Å²) in [6.07, 6.45) is 0. The van der Waals surface area contributed by atoms with Gasteiger partial charge in [-0.05, 0) is 103 Å². The third-order valence-corrected chi connectivity index (χ3v) is 11.9. The third-order valence-electron chi connectivity index (χ3n) is 11.9. The first-order chi connectivity index (χ1) is 27.8. The molecule has 9 aromatic carbocycles. The highest BCUT2D eigenvalue weighted by atomic mass is 16.6. The van der Waals surface area contributed by atoms with Crippen LogP contribution in [0.5, 0.6) is 23.0 Å². The Kier molecular flexibility index (Phi) is 6.55. The Morgan fingerprint density at radius 2 is 0.929 bits per heavy atom. The number of hydrogen-bond acceptors (Lipinski definition) is 3. The van der Waals surface area contributed by atoms with Gasteiger partial charge in [0.15, 0.2) is 23.0 Å². The van der Waals surface area contributed by atoms with Crippen molar-refractivity contribution in [3.05, 3.63) is 222 Å². The number of fused-ring (bicyclic) bond motifs is 14. The molecule has 0 aromatic heterocycles. The van der Waals surface area contributed by atoms with Crippen LogP contribution in [-0.4, -0.2) is 0 Å². The molecule has 3 aliphatic rings. The maximum absolute atomic E-state index is 7.13. The number of ether oxygens (including phenoxy) is 2. The first kappa shape index (κ1) is 31.0. The first-order valence-corrected chi connectivity index (χ1v) is 19.2. The minimum atomic E-state index is -0.462. The van der Waals surface area contributed by atoms with Crippen molar-refractivity contribution in [2.75, 3.05) is 4.90 Å². The zero-order valence-corrected chi connectivity index (χ0v) is 30.3. The van der Waals surface area contributed by atoms with Gasteiger partial charge >= 0.3 is 0 Å². The van der Waals surface area contributed by atoms with E-state index < -0.39 is 5.41 Å². The van der Waals surface area contributed by atoms with Crippen molar-refractivity contribution in [1.82, 2.24) is 0 Å². The van der Waals surface area contributed by atoms with E-state index in [0.29, 0.717) is 11.5 Å². The smallest absolute Gasteiger partial charge is 0.178 e. The van der Waals surface area contributed by atoms with Crippen molar-refractivity contribution in [2.24, 2.45) is 0 Å². The van der Waals surface area contributed by atoms with Crippen LogP contribution in [0, 0.1) is 0 Å². The Balaban J connectivity index is 1.03. The third kappa shape index (κ3) is 4.34. The van der Waals surface area contributed by atoms with Gasteiger partial charge in [0.1, 0.15) is 0 Å². The summed E-state index contributed by atoms with van der Waals surface area (Å²) >= 11 is 0. The highest BCUT2D eigenvalue weighted by Gasteiger charge is 2.53. The topological polar surface area (TPSA) is 21.7 Å². The van der Waals surface area contributed by atoms with Crippen LogP contribution in [0.4, 0.5) is 17.1 Å². The van der Waals surface area contributed by atoms with Crippen LogP contribution in [-0.2, 0) is 5.41 Å². The maximum atomic E-state index is 7.13. The zero-order valence-electron chi connectivity index (χ0n) is 30.3. The molecular formula is C53H33NO2. The number of benzene rings is 9. The lowest BCUT2D eigenvalue weighted by molar-refractivity contribution is 0.360. The van der Waals surface area contributed by atoms with Gasteiger partial charge in [0.25, 0.3) is 0 Å². The molecule has 0 bridgehead atoms. The summed E-state index contributed by atoms with van der Waals surface area (Å²) in [5, 5.41) is 2.38. The number of hydrogen-bond donors (Lipinski definition) is 0. The van der Waals surface area contributed by atoms with E-state index in [1.807, 2.05) is 6.07 Å². The SMILES string of the molecule is c1ccc(-c2cccc(N(c3ccc4c(c3)Oc3c(ccc5c3-c3ccccc3C53c5ccccc5-c5ccccc53)O4)c3ccc4ccccc4c3)c2)cc1. The second kappa shape index (κ2) is 11.8. The van der Waals surface area contributed by atoms with E-state index in [0.717, 1.165) is 39.7 Å². The molecule has 0 N–H and O–H groups in total. The maximum Gasteiger partial charge on any atom is 0.178 e. The summed E-state index contributed by atoms with van der Waals surface area (Å²) in [5.74, 6) is 2.84. The van der Waals surface area contributed by atoms with Crippen LogP contribution in [0.25, 0.3) is 44.2 Å². The van der Waals surface area contributed by atoms with Gasteiger partial charge in [-0.25, -0.2) is 0 Å². The van der Waals surface area contributed by atoms with Gasteiger partial charge in [0, 0.05) is 23.0 Å². The van der Waals surface area contributed by atoms with Crippen molar-refractivity contribution in [1.29, 1.82) is 0 Å². The summed E-state index contributed by atoms with van der Waals surface area (Å²) in [7, 11) is 0. The molecule has 9 aromatic rings. The Hall–Kier alpha value is -7.36. The van der Waals surface area contributed by atoms with Crippen molar-refractivity contribution in [3.8, 4) is 56.4 Å². The summed E-state index contributed by atoms with van der Waals surface area (Å²) in [4.78, 5) is 2.31. The van der Waals surface area contributed by atoms with Gasteiger partial charge in [-0.1, -0.05) is 152 Å². The van der Waals surface area contributed by atoms with Crippen LogP contribution in [0.3, 0.4) is 0 Å². The van der Waals surface area contributed by atoms with E-state index >= 15 is 0 Å². The second-order valence-electron chi connectivity index (χ2n) is 14.8. The minimum absolute atomic E-state index is 0.462. The predicted octanol–water partition coefficient (Wildman–Crippen LogP) is 14.2. The Morgan fingerprint density at radius 1 is 0.339 bits per heavy atom. The monoisotopic (exact) mass is 715 g/mol. The van der Waals surface area contributed by atoms with Crippen LogP contribution >= 0.6 is 0 Å². The van der Waals surface area contributed by atoms with E-state index in [4.69, 9.17) is 9.47 Å². The molecule has 0 unspecified atom stereocenters. The first-order valence-electron chi connectivity index (χ1n) is 19.2. The molecule has 1 aliphatic heterocycles. The molecule has 0 radical (unpaired) electrons. The predicted molar refractivity (Wildman–Crippen MR) is 227 cm³/mol. The van der Waals surface area contributed by atoms with Gasteiger partial charge in [-0.3, -0.25) is 0 Å². The second-order valence-corrected chi connectivity index (χ2v) is 14.8. The fourth-order valence-electron chi connectivity index (χ4n) is 9.56. The lowest BCUT2D eigenvalue weighted by Crippen LogP contribution is -2.25. The van der Waals surface area contributed by atoms with E-state index in [1.165, 1.54) is 55.3 Å². The van der Waals surface area contributed by atoms with E-state index in [-0.39, 0.29) is 0 Å². The van der Waals surface area contributed by atoms with Gasteiger partial charge in [-0.2, -0.15) is 0 Å². The summed E-state index contributed by atoms with van der Waals surface area (Å²) in [5.41, 5.74) is 14.8. The average Bonchev–Trinajstić information content (AvgIpc) is 3.74. The molecule has 0 atom stereocenters. The van der Waals surface area contributed by atoms with Gasteiger partial charge in [-0.15, -0.1) is 0 Å². The minimum Gasteiger partial charge on any atom is -0.449 e. The standard InChI is InChI=1S/C53H33NO2/c1-2-13-34(14-3-1)37-17-12-18-38(31-37)54(39-26-25-35-15-4-5-16-36(35)32-39)40-27-29-48-50(33-40)56-52-49(55-48)30-28-47-51(52)43-21-8-11-24-46(43)53(47)44-22-9-6-19-41(44)42-20-7-10-23-45(42)53/h1-33H. The summed E-state index contributed by atoms with van der Waals surface area (Å²) in [6, 6.07) is 71.7. The van der Waals surface area contributed by atoms with E-state index in [1.54, 1.807) is 0 Å². The molecule has 0 amide bonds. The molecule has 0 saturated carbocycles. The molecule has 0 fully saturated rings. The van der Waals surface area contributed by atoms with Crippen LogP contribution in [0.15, 0.2) is 200 Å². The Morgan fingerprint density at radius 3 is 1.71 bits per heavy atom. The molecular weight excluding hydrogens is 683 g/mol. The van der Waals surface area contributed by atoms with Crippen LogP contribution < -0.4 is 14.4 Å². The van der Waals surface area contributed by atoms with Crippen molar-refractivity contribution < 1.29 is 9.47 Å². The lowest BCUT2D eigenvalue weighted by atomic mass is 9.70. The fraction of sp³-hybridized carbons (Fsp3) is 0.0189. The average molecular weight is 716 g/mol. The number of anilines is 3. The molecule has 1 heterocycles. The number of nitrogens with zero attached hydrogens (tertiary/aromatic N) is 1. The van der Waals surface area contributed by atoms with Crippen LogP contribution in [0.2, 0.25) is 0 Å². The molecule has 3 heteroatoms. The Labute approximate surface area is 325 Å². The molecule has 12 rings (SSSR count). The summed E-state index contributed by atoms with van der Waals surface area (Å²) < 4.78 is 13.9. The van der Waals surface area contributed by atoms with Crippen molar-refractivity contribution >= 4 is 27.8 Å². The van der Waals surface area contributed by atoms with E-state index in [9.17, 15) is 0 Å². The number of rotatable bonds is 4. The molecule has 56 heavy (non-hydrogen) atoms. The van der Waals surface area contributed by atoms with E-state index in [2.05, 4.69) is 199 Å². The molecule has 2 aliphatic carbocycles. The fourth-order valence-corrected chi connectivity index (χ4v) is 9.56. The zero-order chi connectivity index (χ0) is 36.8. The largest absolute Gasteiger partial charge is 0.449 e. The lowest BCUT2D eigenvalue weighted by Gasteiger charge is -2.31. The van der Waals surface area contributed by atoms with Gasteiger partial charge in [0.05, 0.1) is 11.1 Å². The molecule has 3 nitrogen and oxygen atoms in total. The van der Waals surface area contributed by atoms with Gasteiger partial charge < -0.3 is 14.4 Å². The summed E-state index contributed by atoms with van der Waals surface area (Å²) in [6.45, 7) is 0. The normalized spacial score (nSPS) is 13.4. The highest BCUT2D eigenvalue weighted by Crippen LogP contribution is 2.66. The molecule has 262 valence electrons.